The number of halogens is 1. The Morgan fingerprint density at radius 3 is 2.47 bits per heavy atom. The lowest BCUT2D eigenvalue weighted by Gasteiger charge is -2.31. The number of Topliss-reactive ketones (excluding diaryl/α,β-unsaturated/α-hetero) is 1. The number of carbonyl (C=O) groups is 1. The third-order valence-electron chi connectivity index (χ3n) is 5.47. The molecule has 0 aliphatic heterocycles. The van der Waals surface area contributed by atoms with Gasteiger partial charge in [0, 0.05) is 17.3 Å². The summed E-state index contributed by atoms with van der Waals surface area (Å²) in [4.78, 5) is 17.8. The molecule has 0 amide bonds. The normalized spacial score (nSPS) is 19.3. The van der Waals surface area contributed by atoms with Crippen molar-refractivity contribution in [2.24, 2.45) is 10.4 Å². The maximum absolute atomic E-state index is 13.1. The minimum atomic E-state index is -0.186. The molecule has 1 aliphatic rings. The van der Waals surface area contributed by atoms with Crippen LogP contribution in [0.15, 0.2) is 87.5 Å². The summed E-state index contributed by atoms with van der Waals surface area (Å²) in [6, 6.07) is 21.8. The maximum Gasteiger partial charge on any atom is 0.168 e. The molecule has 1 N–H and O–H groups in total. The van der Waals surface area contributed by atoms with Crippen LogP contribution in [0.1, 0.15) is 32.3 Å². The van der Waals surface area contributed by atoms with Crippen molar-refractivity contribution in [2.75, 3.05) is 0 Å². The summed E-state index contributed by atoms with van der Waals surface area (Å²) in [6.07, 6.45) is 1.35. The van der Waals surface area contributed by atoms with Gasteiger partial charge >= 0.3 is 0 Å². The number of aliphatic imine (C=N–C) groups is 1. The summed E-state index contributed by atoms with van der Waals surface area (Å²) >= 11 is 3.44. The molecular formula is C26H24BrNO2. The molecule has 1 saturated carbocycles. The van der Waals surface area contributed by atoms with E-state index in [4.69, 9.17) is 4.99 Å². The van der Waals surface area contributed by atoms with E-state index in [0.717, 1.165) is 26.5 Å². The fourth-order valence-corrected chi connectivity index (χ4v) is 4.36. The predicted molar refractivity (Wildman–Crippen MR) is 127 cm³/mol. The topological polar surface area (TPSA) is 49.7 Å². The van der Waals surface area contributed by atoms with E-state index < -0.39 is 0 Å². The Labute approximate surface area is 185 Å². The van der Waals surface area contributed by atoms with Gasteiger partial charge in [-0.2, -0.15) is 0 Å². The molecule has 30 heavy (non-hydrogen) atoms. The number of nitrogens with zero attached hydrogens (tertiary/aromatic N) is 1. The van der Waals surface area contributed by atoms with E-state index in [1.54, 1.807) is 0 Å². The van der Waals surface area contributed by atoms with Crippen LogP contribution >= 0.6 is 15.9 Å². The van der Waals surface area contributed by atoms with Crippen LogP contribution in [-0.4, -0.2) is 16.6 Å². The van der Waals surface area contributed by atoms with Crippen LogP contribution in [0.4, 0.5) is 5.69 Å². The fraction of sp³-hybridized carbons (Fsp3) is 0.231. The van der Waals surface area contributed by atoms with E-state index >= 15 is 0 Å². The third-order valence-corrected chi connectivity index (χ3v) is 6.00. The number of aliphatic hydroxyl groups is 1. The zero-order valence-electron chi connectivity index (χ0n) is 17.2. The highest BCUT2D eigenvalue weighted by atomic mass is 79.9. The first-order valence-corrected chi connectivity index (χ1v) is 10.9. The van der Waals surface area contributed by atoms with Crippen LogP contribution in [0.2, 0.25) is 0 Å². The Hall–Kier alpha value is -2.72. The van der Waals surface area contributed by atoms with Gasteiger partial charge in [0.2, 0.25) is 0 Å². The molecule has 152 valence electrons. The number of rotatable bonds is 3. The first kappa shape index (κ1) is 20.5. The zero-order valence-corrected chi connectivity index (χ0v) is 18.7. The molecule has 0 radical (unpaired) electrons. The lowest BCUT2D eigenvalue weighted by atomic mass is 9.73. The van der Waals surface area contributed by atoms with Gasteiger partial charge in [-0.1, -0.05) is 72.2 Å². The highest BCUT2D eigenvalue weighted by Crippen LogP contribution is 2.37. The van der Waals surface area contributed by atoms with Gasteiger partial charge in [-0.15, -0.1) is 0 Å². The molecule has 1 aliphatic carbocycles. The molecule has 0 spiro atoms. The Morgan fingerprint density at radius 1 is 1.00 bits per heavy atom. The molecule has 3 aromatic rings. The van der Waals surface area contributed by atoms with Crippen LogP contribution < -0.4 is 0 Å². The molecule has 0 unspecified atom stereocenters. The standard InChI is InChI=1S/C26H24BrNO2/c1-26(2)15-22(28-20-12-10-19(27)11-13-20)25(24(30)16-26)23(29)14-18-8-5-7-17-6-3-4-9-21(17)18/h3-13,29H,14-16H2,1-2H3/b25-23+,28-22?. The van der Waals surface area contributed by atoms with Gasteiger partial charge in [-0.3, -0.25) is 9.79 Å². The van der Waals surface area contributed by atoms with Crippen molar-refractivity contribution in [1.29, 1.82) is 0 Å². The molecule has 0 aromatic heterocycles. The number of ketones is 1. The lowest BCUT2D eigenvalue weighted by molar-refractivity contribution is -0.117. The van der Waals surface area contributed by atoms with E-state index in [9.17, 15) is 9.90 Å². The predicted octanol–water partition coefficient (Wildman–Crippen LogP) is 7.12. The van der Waals surface area contributed by atoms with Crippen LogP contribution in [-0.2, 0) is 11.2 Å². The van der Waals surface area contributed by atoms with Gasteiger partial charge in [-0.05, 0) is 52.4 Å². The van der Waals surface area contributed by atoms with Crippen molar-refractivity contribution in [3.8, 4) is 0 Å². The van der Waals surface area contributed by atoms with E-state index in [-0.39, 0.29) is 17.0 Å². The van der Waals surface area contributed by atoms with Crippen LogP contribution in [0.25, 0.3) is 10.8 Å². The summed E-state index contributed by atoms with van der Waals surface area (Å²) < 4.78 is 0.973. The summed E-state index contributed by atoms with van der Waals surface area (Å²) in [5.41, 5.74) is 2.63. The van der Waals surface area contributed by atoms with Gasteiger partial charge in [0.25, 0.3) is 0 Å². The zero-order chi connectivity index (χ0) is 21.3. The molecule has 3 nitrogen and oxygen atoms in total. The molecular weight excluding hydrogens is 438 g/mol. The molecule has 4 rings (SSSR count). The quantitative estimate of drug-likeness (QED) is 0.333. The molecule has 4 heteroatoms. The highest BCUT2D eigenvalue weighted by Gasteiger charge is 2.36. The van der Waals surface area contributed by atoms with Gasteiger partial charge < -0.3 is 5.11 Å². The van der Waals surface area contributed by atoms with Gasteiger partial charge in [0.15, 0.2) is 5.78 Å². The second kappa shape index (κ2) is 8.19. The monoisotopic (exact) mass is 461 g/mol. The average molecular weight is 462 g/mol. The second-order valence-corrected chi connectivity index (χ2v) is 9.53. The highest BCUT2D eigenvalue weighted by molar-refractivity contribution is 9.10. The first-order valence-electron chi connectivity index (χ1n) is 10.1. The summed E-state index contributed by atoms with van der Waals surface area (Å²) in [6.45, 7) is 4.14. The fourth-order valence-electron chi connectivity index (χ4n) is 4.10. The van der Waals surface area contributed by atoms with E-state index in [2.05, 4.69) is 41.9 Å². The molecule has 0 bridgehead atoms. The number of allylic oxidation sites excluding steroid dienone is 2. The number of aliphatic hydroxyl groups excluding tert-OH is 1. The first-order chi connectivity index (χ1) is 14.3. The SMILES string of the molecule is CC1(C)CC(=O)/C(=C(/O)Cc2cccc3ccccc23)C(=Nc2ccc(Br)cc2)C1. The van der Waals surface area contributed by atoms with Gasteiger partial charge in [0.05, 0.1) is 17.0 Å². The van der Waals surface area contributed by atoms with Crippen molar-refractivity contribution < 1.29 is 9.90 Å². The number of fused-ring (bicyclic) bond motifs is 1. The molecule has 0 atom stereocenters. The molecule has 0 heterocycles. The van der Waals surface area contributed by atoms with Crippen molar-refractivity contribution >= 4 is 43.9 Å². The maximum atomic E-state index is 13.1. The minimum absolute atomic E-state index is 0.0418. The van der Waals surface area contributed by atoms with Crippen molar-refractivity contribution in [3.63, 3.8) is 0 Å². The van der Waals surface area contributed by atoms with Gasteiger partial charge in [-0.25, -0.2) is 0 Å². The molecule has 3 aromatic carbocycles. The Morgan fingerprint density at radius 2 is 1.70 bits per heavy atom. The van der Waals surface area contributed by atoms with E-state index in [1.807, 2.05) is 54.6 Å². The van der Waals surface area contributed by atoms with Crippen LogP contribution in [0, 0.1) is 5.41 Å². The van der Waals surface area contributed by atoms with Crippen molar-refractivity contribution in [2.45, 2.75) is 33.1 Å². The summed E-state index contributed by atoms with van der Waals surface area (Å²) in [5.74, 6) is 0.0579. The number of hydrogen-bond donors (Lipinski definition) is 1. The Balaban J connectivity index is 1.78. The lowest BCUT2D eigenvalue weighted by Crippen LogP contribution is -2.32. The Kier molecular flexibility index (Phi) is 5.61. The van der Waals surface area contributed by atoms with Gasteiger partial charge in [0.1, 0.15) is 5.76 Å². The van der Waals surface area contributed by atoms with E-state index in [1.165, 1.54) is 0 Å². The number of benzene rings is 3. The summed E-state index contributed by atoms with van der Waals surface area (Å²) in [7, 11) is 0. The third kappa shape index (κ3) is 4.39. The van der Waals surface area contributed by atoms with Crippen LogP contribution in [0.3, 0.4) is 0 Å². The van der Waals surface area contributed by atoms with E-state index in [0.29, 0.717) is 30.5 Å². The molecule has 0 saturated heterocycles. The second-order valence-electron chi connectivity index (χ2n) is 8.61. The largest absolute Gasteiger partial charge is 0.511 e. The van der Waals surface area contributed by atoms with Crippen LogP contribution in [0.5, 0.6) is 0 Å². The molecule has 1 fully saturated rings. The number of hydrogen-bond acceptors (Lipinski definition) is 3. The number of carbonyl (C=O) groups excluding carboxylic acids is 1. The Bertz CT molecular complexity index is 1170. The smallest absolute Gasteiger partial charge is 0.168 e. The summed E-state index contributed by atoms with van der Waals surface area (Å²) in [5, 5.41) is 13.3. The van der Waals surface area contributed by atoms with Crippen molar-refractivity contribution in [1.82, 2.24) is 0 Å². The average Bonchev–Trinajstić information content (AvgIpc) is 2.69. The minimum Gasteiger partial charge on any atom is -0.511 e. The van der Waals surface area contributed by atoms with Crippen molar-refractivity contribution in [3.05, 3.63) is 88.1 Å².